The molecule has 1 heteroatoms. The van der Waals surface area contributed by atoms with E-state index in [0.29, 0.717) is 11.8 Å². The zero-order valence-corrected chi connectivity index (χ0v) is 10.6. The number of hydrogen-bond acceptors (Lipinski definition) is 1. The molecule has 3 atom stereocenters. The molecule has 3 saturated carbocycles. The summed E-state index contributed by atoms with van der Waals surface area (Å²) in [5, 5.41) is 11.0. The first-order chi connectivity index (χ1) is 7.72. The van der Waals surface area contributed by atoms with Crippen LogP contribution in [0.3, 0.4) is 0 Å². The summed E-state index contributed by atoms with van der Waals surface area (Å²) < 4.78 is 0. The van der Waals surface area contributed by atoms with Crippen LogP contribution >= 0.6 is 0 Å². The molecule has 3 aliphatic carbocycles. The fraction of sp³-hybridized carbons (Fsp3) is 1.00. The lowest BCUT2D eigenvalue weighted by Crippen LogP contribution is -2.44. The third-order valence-electron chi connectivity index (χ3n) is 5.99. The molecule has 0 amide bonds. The zero-order valence-electron chi connectivity index (χ0n) is 10.6. The lowest BCUT2D eigenvalue weighted by atomic mass is 9.67. The quantitative estimate of drug-likeness (QED) is 0.754. The summed E-state index contributed by atoms with van der Waals surface area (Å²) in [6.45, 7) is 2.32. The van der Waals surface area contributed by atoms with Crippen molar-refractivity contribution >= 4 is 0 Å². The zero-order chi connectivity index (χ0) is 11.2. The van der Waals surface area contributed by atoms with Crippen molar-refractivity contribution in [3.8, 4) is 0 Å². The molecule has 0 aromatic heterocycles. The van der Waals surface area contributed by atoms with Gasteiger partial charge in [-0.3, -0.25) is 0 Å². The predicted molar refractivity (Wildman–Crippen MR) is 66.1 cm³/mol. The van der Waals surface area contributed by atoms with Crippen LogP contribution in [0.2, 0.25) is 0 Å². The molecule has 0 saturated heterocycles. The first-order valence-electron chi connectivity index (χ1n) is 7.44. The van der Waals surface area contributed by atoms with E-state index in [4.69, 9.17) is 0 Å². The maximum atomic E-state index is 11.0. The van der Waals surface area contributed by atoms with Crippen molar-refractivity contribution < 1.29 is 5.11 Å². The van der Waals surface area contributed by atoms with Crippen LogP contribution in [0.15, 0.2) is 0 Å². The predicted octanol–water partition coefficient (Wildman–Crippen LogP) is 3.75. The molecule has 0 heterocycles. The molecule has 92 valence electrons. The normalized spacial score (nSPS) is 52.1. The lowest BCUT2D eigenvalue weighted by Gasteiger charge is -2.43. The van der Waals surface area contributed by atoms with Crippen molar-refractivity contribution in [1.82, 2.24) is 0 Å². The molecule has 1 N–H and O–H groups in total. The Bertz CT molecular complexity index is 254. The van der Waals surface area contributed by atoms with Crippen LogP contribution in [0.5, 0.6) is 0 Å². The Morgan fingerprint density at radius 3 is 2.19 bits per heavy atom. The van der Waals surface area contributed by atoms with E-state index in [2.05, 4.69) is 6.92 Å². The lowest BCUT2D eigenvalue weighted by molar-refractivity contribution is -0.0800. The van der Waals surface area contributed by atoms with Crippen molar-refractivity contribution in [3.05, 3.63) is 0 Å². The maximum absolute atomic E-state index is 11.0. The number of fused-ring (bicyclic) bond motifs is 2. The second-order valence-corrected chi connectivity index (χ2v) is 6.70. The summed E-state index contributed by atoms with van der Waals surface area (Å²) in [4.78, 5) is 0. The van der Waals surface area contributed by atoms with Crippen LogP contribution in [0.4, 0.5) is 0 Å². The van der Waals surface area contributed by atoms with Gasteiger partial charge in [-0.1, -0.05) is 26.2 Å². The molecule has 0 spiro atoms. The molecule has 16 heavy (non-hydrogen) atoms. The van der Waals surface area contributed by atoms with Crippen LogP contribution in [0.1, 0.15) is 64.7 Å². The van der Waals surface area contributed by atoms with Gasteiger partial charge in [0.05, 0.1) is 5.60 Å². The molecule has 3 fully saturated rings. The second-order valence-electron chi connectivity index (χ2n) is 6.70. The van der Waals surface area contributed by atoms with E-state index in [1.165, 1.54) is 51.4 Å². The summed E-state index contributed by atoms with van der Waals surface area (Å²) in [5.74, 6) is 3.14. The third kappa shape index (κ3) is 1.63. The number of rotatable bonds is 2. The summed E-state index contributed by atoms with van der Waals surface area (Å²) >= 11 is 0. The van der Waals surface area contributed by atoms with Crippen LogP contribution in [0, 0.1) is 23.7 Å². The van der Waals surface area contributed by atoms with Crippen LogP contribution in [-0.4, -0.2) is 10.7 Å². The van der Waals surface area contributed by atoms with E-state index in [1.54, 1.807) is 0 Å². The summed E-state index contributed by atoms with van der Waals surface area (Å²) in [7, 11) is 0. The SMILES string of the molecule is CCC1CCC(C2(O)CC3CCC2C3)CC1. The van der Waals surface area contributed by atoms with E-state index in [1.807, 2.05) is 0 Å². The summed E-state index contributed by atoms with van der Waals surface area (Å²) in [5.41, 5.74) is -0.234. The van der Waals surface area contributed by atoms with E-state index < -0.39 is 0 Å². The first-order valence-corrected chi connectivity index (χ1v) is 7.44. The average Bonchev–Trinajstić information content (AvgIpc) is 2.89. The Morgan fingerprint density at radius 1 is 1.00 bits per heavy atom. The van der Waals surface area contributed by atoms with Gasteiger partial charge in [-0.15, -0.1) is 0 Å². The van der Waals surface area contributed by atoms with Crippen LogP contribution in [0.25, 0.3) is 0 Å². The maximum Gasteiger partial charge on any atom is 0.0706 e. The van der Waals surface area contributed by atoms with Gasteiger partial charge >= 0.3 is 0 Å². The highest BCUT2D eigenvalue weighted by Crippen LogP contribution is 2.56. The summed E-state index contributed by atoms with van der Waals surface area (Å²) in [6.07, 6.45) is 11.9. The topological polar surface area (TPSA) is 20.2 Å². The molecule has 0 aromatic rings. The molecule has 3 rings (SSSR count). The minimum Gasteiger partial charge on any atom is -0.389 e. The van der Waals surface area contributed by atoms with E-state index in [-0.39, 0.29) is 5.60 Å². The van der Waals surface area contributed by atoms with Gasteiger partial charge in [-0.05, 0) is 62.2 Å². The highest BCUT2D eigenvalue weighted by Gasteiger charge is 2.53. The van der Waals surface area contributed by atoms with Gasteiger partial charge in [0, 0.05) is 0 Å². The molecule has 0 aliphatic heterocycles. The second kappa shape index (κ2) is 4.01. The van der Waals surface area contributed by atoms with Gasteiger partial charge in [-0.2, -0.15) is 0 Å². The largest absolute Gasteiger partial charge is 0.389 e. The highest BCUT2D eigenvalue weighted by molar-refractivity contribution is 5.05. The molecular formula is C15H26O. The van der Waals surface area contributed by atoms with Gasteiger partial charge < -0.3 is 5.11 Å². The Kier molecular flexibility index (Phi) is 2.78. The Hall–Kier alpha value is -0.0400. The Balaban J connectivity index is 1.65. The molecule has 1 nitrogen and oxygen atoms in total. The molecule has 0 radical (unpaired) electrons. The van der Waals surface area contributed by atoms with Crippen molar-refractivity contribution in [2.24, 2.45) is 23.7 Å². The monoisotopic (exact) mass is 222 g/mol. The third-order valence-corrected chi connectivity index (χ3v) is 5.99. The Labute approximate surface area is 99.6 Å². The number of hydrogen-bond donors (Lipinski definition) is 1. The van der Waals surface area contributed by atoms with Crippen LogP contribution in [-0.2, 0) is 0 Å². The van der Waals surface area contributed by atoms with E-state index in [9.17, 15) is 5.11 Å². The summed E-state index contributed by atoms with van der Waals surface area (Å²) in [6, 6.07) is 0. The van der Waals surface area contributed by atoms with Crippen molar-refractivity contribution in [2.75, 3.05) is 0 Å². The number of aliphatic hydroxyl groups is 1. The molecule has 2 bridgehead atoms. The smallest absolute Gasteiger partial charge is 0.0706 e. The van der Waals surface area contributed by atoms with Crippen molar-refractivity contribution in [1.29, 1.82) is 0 Å². The Morgan fingerprint density at radius 2 is 1.69 bits per heavy atom. The van der Waals surface area contributed by atoms with Crippen molar-refractivity contribution in [2.45, 2.75) is 70.3 Å². The van der Waals surface area contributed by atoms with Gasteiger partial charge in [0.25, 0.3) is 0 Å². The average molecular weight is 222 g/mol. The fourth-order valence-electron chi connectivity index (χ4n) is 4.91. The van der Waals surface area contributed by atoms with E-state index in [0.717, 1.165) is 18.3 Å². The standard InChI is InChI=1S/C15H26O/c1-2-11-3-6-13(7-4-11)15(16)10-12-5-8-14(15)9-12/h11-14,16H,2-10H2,1H3. The van der Waals surface area contributed by atoms with Gasteiger partial charge in [0.1, 0.15) is 0 Å². The first kappa shape index (κ1) is 11.1. The van der Waals surface area contributed by atoms with Gasteiger partial charge in [-0.25, -0.2) is 0 Å². The highest BCUT2D eigenvalue weighted by atomic mass is 16.3. The molecule has 3 aliphatic rings. The van der Waals surface area contributed by atoms with Gasteiger partial charge in [0.15, 0.2) is 0 Å². The molecule has 3 unspecified atom stereocenters. The fourth-order valence-corrected chi connectivity index (χ4v) is 4.91. The minimum absolute atomic E-state index is 0.234. The molecule has 0 aromatic carbocycles. The molecular weight excluding hydrogens is 196 g/mol. The van der Waals surface area contributed by atoms with Gasteiger partial charge in [0.2, 0.25) is 0 Å². The van der Waals surface area contributed by atoms with E-state index >= 15 is 0 Å². The minimum atomic E-state index is -0.234. The van der Waals surface area contributed by atoms with Crippen molar-refractivity contribution in [3.63, 3.8) is 0 Å². The van der Waals surface area contributed by atoms with Crippen LogP contribution < -0.4 is 0 Å².